The number of rotatable bonds is 2. The normalized spacial score (nSPS) is 13.6. The molecule has 0 spiro atoms. The van der Waals surface area contributed by atoms with E-state index in [9.17, 15) is 4.39 Å². The largest absolute Gasteiger partial charge is 0.240 e. The summed E-state index contributed by atoms with van der Waals surface area (Å²) in [6.07, 6.45) is 0.879. The smallest absolute Gasteiger partial charge is 0.145 e. The average molecular weight is 129 g/mol. The number of hydrogen-bond acceptors (Lipinski definition) is 2. The van der Waals surface area contributed by atoms with Gasteiger partial charge in [0.1, 0.15) is 11.9 Å². The predicted molar refractivity (Wildman–Crippen MR) is 30.5 cm³/mol. The van der Waals surface area contributed by atoms with E-state index < -0.39 is 6.17 Å². The number of halogens is 1. The van der Waals surface area contributed by atoms with Crippen molar-refractivity contribution >= 4 is 0 Å². The van der Waals surface area contributed by atoms with E-state index in [-0.39, 0.29) is 0 Å². The molecule has 1 aromatic rings. The molecule has 1 heterocycles. The minimum atomic E-state index is -0.969. The predicted octanol–water partition coefficient (Wildman–Crippen LogP) is 1.23. The summed E-state index contributed by atoms with van der Waals surface area (Å²) >= 11 is 0. The number of hydrogen-bond donors (Lipinski definition) is 1. The summed E-state index contributed by atoms with van der Waals surface area (Å²) in [5.41, 5.74) is 0.387. The molecule has 1 atom stereocenters. The third kappa shape index (κ3) is 1.25. The number of aromatic amines is 1. The van der Waals surface area contributed by atoms with Crippen molar-refractivity contribution in [2.24, 2.45) is 0 Å². The van der Waals surface area contributed by atoms with E-state index in [0.29, 0.717) is 12.1 Å². The van der Waals surface area contributed by atoms with Crippen LogP contribution in [0.3, 0.4) is 0 Å². The fourth-order valence-electron chi connectivity index (χ4n) is 0.571. The summed E-state index contributed by atoms with van der Waals surface area (Å²) < 4.78 is 12.6. The molecule has 0 bridgehead atoms. The summed E-state index contributed by atoms with van der Waals surface area (Å²) in [6.45, 7) is 1.76. The highest BCUT2D eigenvalue weighted by Gasteiger charge is 2.07. The molecule has 0 aromatic carbocycles. The summed E-state index contributed by atoms with van der Waals surface area (Å²) in [6, 6.07) is 0. The first-order chi connectivity index (χ1) is 4.34. The lowest BCUT2D eigenvalue weighted by molar-refractivity contribution is 0.326. The van der Waals surface area contributed by atoms with Crippen LogP contribution in [0.15, 0.2) is 6.20 Å². The van der Waals surface area contributed by atoms with Crippen LogP contribution in [0.25, 0.3) is 0 Å². The fourth-order valence-corrected chi connectivity index (χ4v) is 0.571. The van der Waals surface area contributed by atoms with Gasteiger partial charge in [0.25, 0.3) is 0 Å². The highest BCUT2D eigenvalue weighted by Crippen LogP contribution is 2.15. The molecule has 4 heteroatoms. The van der Waals surface area contributed by atoms with Crippen LogP contribution in [-0.2, 0) is 0 Å². The van der Waals surface area contributed by atoms with Gasteiger partial charge in [-0.25, -0.2) is 4.39 Å². The van der Waals surface area contributed by atoms with Crippen molar-refractivity contribution in [1.29, 1.82) is 0 Å². The van der Waals surface area contributed by atoms with Gasteiger partial charge >= 0.3 is 0 Å². The van der Waals surface area contributed by atoms with E-state index in [0.717, 1.165) is 0 Å². The Hall–Kier alpha value is -0.930. The maximum Gasteiger partial charge on any atom is 0.145 e. The van der Waals surface area contributed by atoms with E-state index in [1.165, 1.54) is 6.20 Å². The quantitative estimate of drug-likeness (QED) is 0.652. The van der Waals surface area contributed by atoms with Gasteiger partial charge in [-0.2, -0.15) is 15.4 Å². The second kappa shape index (κ2) is 2.57. The maximum atomic E-state index is 12.6. The molecule has 1 unspecified atom stereocenters. The zero-order valence-electron chi connectivity index (χ0n) is 5.13. The second-order valence-corrected chi connectivity index (χ2v) is 1.77. The number of nitrogens with zero attached hydrogens (tertiary/aromatic N) is 2. The summed E-state index contributed by atoms with van der Waals surface area (Å²) in [7, 11) is 0. The lowest BCUT2D eigenvalue weighted by Crippen LogP contribution is -1.88. The van der Waals surface area contributed by atoms with Gasteiger partial charge in [0, 0.05) is 0 Å². The Bertz CT molecular complexity index is 161. The molecule has 0 saturated carbocycles. The van der Waals surface area contributed by atoms with Gasteiger partial charge in [0.15, 0.2) is 0 Å². The van der Waals surface area contributed by atoms with Crippen LogP contribution in [-0.4, -0.2) is 15.4 Å². The molecular formula is C5H8FN3. The molecule has 0 saturated heterocycles. The second-order valence-electron chi connectivity index (χ2n) is 1.77. The molecule has 0 aliphatic heterocycles. The zero-order chi connectivity index (χ0) is 6.69. The Labute approximate surface area is 52.3 Å². The molecule has 0 radical (unpaired) electrons. The molecular weight excluding hydrogens is 121 g/mol. The molecule has 0 aliphatic rings. The topological polar surface area (TPSA) is 41.6 Å². The van der Waals surface area contributed by atoms with E-state index >= 15 is 0 Å². The van der Waals surface area contributed by atoms with E-state index in [1.54, 1.807) is 6.92 Å². The Morgan fingerprint density at radius 1 is 1.89 bits per heavy atom. The first kappa shape index (κ1) is 6.19. The Balaban J connectivity index is 2.65. The summed E-state index contributed by atoms with van der Waals surface area (Å²) in [4.78, 5) is 0. The molecule has 1 aromatic heterocycles. The van der Waals surface area contributed by atoms with Crippen molar-refractivity contribution in [3.05, 3.63) is 11.9 Å². The molecule has 9 heavy (non-hydrogen) atoms. The van der Waals surface area contributed by atoms with Crippen LogP contribution in [0.4, 0.5) is 4.39 Å². The summed E-state index contributed by atoms with van der Waals surface area (Å²) in [5, 5.41) is 9.40. The highest BCUT2D eigenvalue weighted by atomic mass is 19.1. The number of nitrogens with one attached hydrogen (secondary N) is 1. The first-order valence-electron chi connectivity index (χ1n) is 2.84. The molecule has 0 amide bonds. The van der Waals surface area contributed by atoms with Crippen molar-refractivity contribution in [2.75, 3.05) is 0 Å². The number of aromatic nitrogens is 3. The lowest BCUT2D eigenvalue weighted by Gasteiger charge is -1.95. The zero-order valence-corrected chi connectivity index (χ0v) is 5.13. The van der Waals surface area contributed by atoms with Crippen molar-refractivity contribution in [2.45, 2.75) is 19.5 Å². The number of alkyl halides is 1. The maximum absolute atomic E-state index is 12.6. The Morgan fingerprint density at radius 2 is 2.67 bits per heavy atom. The van der Waals surface area contributed by atoms with Crippen LogP contribution in [0.5, 0.6) is 0 Å². The Morgan fingerprint density at radius 3 is 3.11 bits per heavy atom. The highest BCUT2D eigenvalue weighted by molar-refractivity contribution is 4.94. The van der Waals surface area contributed by atoms with Crippen LogP contribution in [0.2, 0.25) is 0 Å². The third-order valence-electron chi connectivity index (χ3n) is 1.11. The van der Waals surface area contributed by atoms with E-state index in [1.807, 2.05) is 0 Å². The molecule has 1 rings (SSSR count). The minimum absolute atomic E-state index is 0.387. The SMILES string of the molecule is CCC(F)c1cn[nH]n1. The van der Waals surface area contributed by atoms with Gasteiger partial charge in [-0.15, -0.1) is 0 Å². The van der Waals surface area contributed by atoms with Crippen molar-refractivity contribution in [3.63, 3.8) is 0 Å². The van der Waals surface area contributed by atoms with Crippen LogP contribution < -0.4 is 0 Å². The van der Waals surface area contributed by atoms with Gasteiger partial charge in [0.05, 0.1) is 6.20 Å². The molecule has 3 nitrogen and oxygen atoms in total. The van der Waals surface area contributed by atoms with Crippen LogP contribution in [0.1, 0.15) is 25.2 Å². The van der Waals surface area contributed by atoms with Gasteiger partial charge in [-0.3, -0.25) is 0 Å². The first-order valence-corrected chi connectivity index (χ1v) is 2.84. The standard InChI is InChI=1S/C5H8FN3/c1-2-4(6)5-3-7-9-8-5/h3-4H,2H2,1H3,(H,7,8,9). The molecule has 1 N–H and O–H groups in total. The van der Waals surface area contributed by atoms with E-state index in [4.69, 9.17) is 0 Å². The van der Waals surface area contributed by atoms with Crippen molar-refractivity contribution in [1.82, 2.24) is 15.4 Å². The van der Waals surface area contributed by atoms with Gasteiger partial charge < -0.3 is 0 Å². The molecule has 50 valence electrons. The van der Waals surface area contributed by atoms with Gasteiger partial charge in [0.2, 0.25) is 0 Å². The number of H-pyrrole nitrogens is 1. The fraction of sp³-hybridized carbons (Fsp3) is 0.600. The van der Waals surface area contributed by atoms with Crippen LogP contribution >= 0.6 is 0 Å². The lowest BCUT2D eigenvalue weighted by atomic mass is 10.2. The summed E-state index contributed by atoms with van der Waals surface area (Å²) in [5.74, 6) is 0. The van der Waals surface area contributed by atoms with Crippen molar-refractivity contribution in [3.8, 4) is 0 Å². The van der Waals surface area contributed by atoms with E-state index in [2.05, 4.69) is 15.4 Å². The Kier molecular flexibility index (Phi) is 1.77. The third-order valence-corrected chi connectivity index (χ3v) is 1.11. The molecule has 0 fully saturated rings. The van der Waals surface area contributed by atoms with Gasteiger partial charge in [-0.1, -0.05) is 6.92 Å². The van der Waals surface area contributed by atoms with Crippen molar-refractivity contribution < 1.29 is 4.39 Å². The monoisotopic (exact) mass is 129 g/mol. The van der Waals surface area contributed by atoms with Crippen LogP contribution in [0, 0.1) is 0 Å². The minimum Gasteiger partial charge on any atom is -0.240 e. The average Bonchev–Trinajstić information content (AvgIpc) is 2.37. The van der Waals surface area contributed by atoms with Gasteiger partial charge in [-0.05, 0) is 6.42 Å². The molecule has 0 aliphatic carbocycles.